The maximum absolute atomic E-state index is 6.13. The molecule has 2 aliphatic heterocycles. The lowest BCUT2D eigenvalue weighted by Crippen LogP contribution is -2.51. The molecule has 0 aromatic carbocycles. The maximum Gasteiger partial charge on any atom is 0.234 e. The van der Waals surface area contributed by atoms with E-state index >= 15 is 0 Å². The summed E-state index contributed by atoms with van der Waals surface area (Å²) in [6.07, 6.45) is 9.53. The topological polar surface area (TPSA) is 87.8 Å². The molecule has 134 valence electrons. The van der Waals surface area contributed by atoms with Crippen molar-refractivity contribution in [2.75, 3.05) is 5.32 Å². The van der Waals surface area contributed by atoms with Crippen LogP contribution < -0.4 is 15.4 Å². The normalized spacial score (nSPS) is 25.8. The van der Waals surface area contributed by atoms with Gasteiger partial charge in [-0.25, -0.2) is 0 Å². The minimum atomic E-state index is 0.221. The fourth-order valence-corrected chi connectivity index (χ4v) is 3.77. The smallest absolute Gasteiger partial charge is 0.234 e. The number of hydrogen-bond acceptors (Lipinski definition) is 6. The SMILES string of the molecule is CC(C)c1cc(Nc2cncc(OC3C[C@H]4CCC[C@@H](C3)N4)n2)n[nH]1. The molecular weight excluding hydrogens is 316 g/mol. The molecule has 2 saturated heterocycles. The zero-order valence-corrected chi connectivity index (χ0v) is 14.8. The highest BCUT2D eigenvalue weighted by Crippen LogP contribution is 2.28. The number of nitrogens with one attached hydrogen (secondary N) is 3. The second kappa shape index (κ2) is 7.00. The van der Waals surface area contributed by atoms with Crippen molar-refractivity contribution in [3.05, 3.63) is 24.2 Å². The second-order valence-electron chi connectivity index (χ2n) is 7.43. The van der Waals surface area contributed by atoms with E-state index < -0.39 is 0 Å². The Morgan fingerprint density at radius 3 is 2.68 bits per heavy atom. The zero-order chi connectivity index (χ0) is 17.2. The molecule has 7 heteroatoms. The van der Waals surface area contributed by atoms with E-state index in [2.05, 4.69) is 44.6 Å². The Morgan fingerprint density at radius 1 is 1.16 bits per heavy atom. The minimum Gasteiger partial charge on any atom is -0.473 e. The van der Waals surface area contributed by atoms with Crippen LogP contribution in [0.2, 0.25) is 0 Å². The van der Waals surface area contributed by atoms with Gasteiger partial charge in [-0.1, -0.05) is 20.3 Å². The molecule has 2 aromatic heterocycles. The summed E-state index contributed by atoms with van der Waals surface area (Å²) in [5.74, 6) is 2.37. The van der Waals surface area contributed by atoms with E-state index in [0.29, 0.717) is 29.7 Å². The van der Waals surface area contributed by atoms with E-state index in [1.807, 2.05) is 6.07 Å². The van der Waals surface area contributed by atoms with E-state index in [9.17, 15) is 0 Å². The third kappa shape index (κ3) is 3.92. The maximum atomic E-state index is 6.13. The van der Waals surface area contributed by atoms with Crippen LogP contribution in [-0.4, -0.2) is 38.4 Å². The summed E-state index contributed by atoms with van der Waals surface area (Å²) >= 11 is 0. The molecule has 2 aliphatic rings. The van der Waals surface area contributed by atoms with E-state index in [1.165, 1.54) is 19.3 Å². The summed E-state index contributed by atoms with van der Waals surface area (Å²) in [5.41, 5.74) is 1.09. The lowest BCUT2D eigenvalue weighted by atomic mass is 9.85. The third-order valence-electron chi connectivity index (χ3n) is 5.05. The Hall–Kier alpha value is -2.15. The first-order valence-electron chi connectivity index (χ1n) is 9.23. The van der Waals surface area contributed by atoms with Gasteiger partial charge in [0.2, 0.25) is 5.88 Å². The molecule has 0 aliphatic carbocycles. The van der Waals surface area contributed by atoms with Crippen LogP contribution in [0.25, 0.3) is 0 Å². The lowest BCUT2D eigenvalue weighted by Gasteiger charge is -2.39. The molecule has 3 N–H and O–H groups in total. The van der Waals surface area contributed by atoms with Gasteiger partial charge in [0.15, 0.2) is 11.6 Å². The van der Waals surface area contributed by atoms with Crippen molar-refractivity contribution in [1.29, 1.82) is 0 Å². The van der Waals surface area contributed by atoms with Crippen LogP contribution in [-0.2, 0) is 0 Å². The number of aromatic amines is 1. The average Bonchev–Trinajstić information content (AvgIpc) is 3.04. The highest BCUT2D eigenvalue weighted by molar-refractivity contribution is 5.51. The van der Waals surface area contributed by atoms with Crippen molar-refractivity contribution < 1.29 is 4.74 Å². The van der Waals surface area contributed by atoms with Gasteiger partial charge in [0, 0.05) is 23.8 Å². The van der Waals surface area contributed by atoms with Gasteiger partial charge in [0.1, 0.15) is 6.10 Å². The number of anilines is 2. The molecule has 0 spiro atoms. The van der Waals surface area contributed by atoms with Crippen molar-refractivity contribution in [3.8, 4) is 5.88 Å². The Kier molecular flexibility index (Phi) is 4.57. The number of hydrogen-bond donors (Lipinski definition) is 3. The molecule has 2 fully saturated rings. The van der Waals surface area contributed by atoms with E-state index in [4.69, 9.17) is 4.74 Å². The van der Waals surface area contributed by atoms with Gasteiger partial charge < -0.3 is 15.4 Å². The first-order chi connectivity index (χ1) is 12.2. The molecule has 0 amide bonds. The predicted molar refractivity (Wildman–Crippen MR) is 96.2 cm³/mol. The molecule has 4 heterocycles. The highest BCUT2D eigenvalue weighted by Gasteiger charge is 2.32. The molecule has 3 atom stereocenters. The molecule has 4 rings (SSSR count). The molecule has 1 unspecified atom stereocenters. The number of fused-ring (bicyclic) bond motifs is 2. The molecule has 2 aromatic rings. The zero-order valence-electron chi connectivity index (χ0n) is 14.8. The Bertz CT molecular complexity index is 703. The largest absolute Gasteiger partial charge is 0.473 e. The van der Waals surface area contributed by atoms with Gasteiger partial charge in [-0.3, -0.25) is 10.1 Å². The number of nitrogens with zero attached hydrogens (tertiary/aromatic N) is 3. The summed E-state index contributed by atoms with van der Waals surface area (Å²) < 4.78 is 6.13. The number of rotatable bonds is 5. The molecular formula is C18H26N6O. The summed E-state index contributed by atoms with van der Waals surface area (Å²) in [7, 11) is 0. The number of H-pyrrole nitrogens is 1. The van der Waals surface area contributed by atoms with Crippen LogP contribution in [0.3, 0.4) is 0 Å². The average molecular weight is 342 g/mol. The highest BCUT2D eigenvalue weighted by atomic mass is 16.5. The molecule has 25 heavy (non-hydrogen) atoms. The first-order valence-corrected chi connectivity index (χ1v) is 9.23. The second-order valence-corrected chi connectivity index (χ2v) is 7.43. The Balaban J connectivity index is 1.40. The summed E-state index contributed by atoms with van der Waals surface area (Å²) in [6, 6.07) is 3.17. The molecule has 0 radical (unpaired) electrons. The van der Waals surface area contributed by atoms with Gasteiger partial charge in [-0.15, -0.1) is 0 Å². The van der Waals surface area contributed by atoms with E-state index in [-0.39, 0.29) is 6.10 Å². The van der Waals surface area contributed by atoms with Gasteiger partial charge in [0.05, 0.1) is 12.4 Å². The fraction of sp³-hybridized carbons (Fsp3) is 0.611. The fourth-order valence-electron chi connectivity index (χ4n) is 3.77. The van der Waals surface area contributed by atoms with Crippen LogP contribution in [0.15, 0.2) is 18.5 Å². The lowest BCUT2D eigenvalue weighted by molar-refractivity contribution is 0.0887. The van der Waals surface area contributed by atoms with Crippen molar-refractivity contribution in [1.82, 2.24) is 25.5 Å². The standard InChI is InChI=1S/C18H26N6O/c1-11(2)15-8-16(24-23-15)21-17-9-19-10-18(22-17)25-14-6-12-4-3-5-13(7-14)20-12/h8-14,20H,3-7H2,1-2H3,(H2,21,22,23,24)/t12-,13+,14?. The van der Waals surface area contributed by atoms with Crippen LogP contribution in [0.1, 0.15) is 57.6 Å². The van der Waals surface area contributed by atoms with Gasteiger partial charge >= 0.3 is 0 Å². The van der Waals surface area contributed by atoms with Crippen molar-refractivity contribution in [3.63, 3.8) is 0 Å². The quantitative estimate of drug-likeness (QED) is 0.774. The Morgan fingerprint density at radius 2 is 1.96 bits per heavy atom. The van der Waals surface area contributed by atoms with Crippen molar-refractivity contribution in [2.24, 2.45) is 0 Å². The predicted octanol–water partition coefficient (Wildman–Crippen LogP) is 3.12. The Labute approximate surface area is 148 Å². The van der Waals surface area contributed by atoms with Gasteiger partial charge in [-0.2, -0.15) is 10.1 Å². The molecule has 7 nitrogen and oxygen atoms in total. The van der Waals surface area contributed by atoms with E-state index in [1.54, 1.807) is 12.4 Å². The first kappa shape index (κ1) is 16.3. The molecule has 0 saturated carbocycles. The minimum absolute atomic E-state index is 0.221. The summed E-state index contributed by atoms with van der Waals surface area (Å²) in [4.78, 5) is 8.80. The summed E-state index contributed by atoms with van der Waals surface area (Å²) in [5, 5.41) is 14.2. The van der Waals surface area contributed by atoms with Crippen LogP contribution in [0.4, 0.5) is 11.6 Å². The van der Waals surface area contributed by atoms with Crippen LogP contribution >= 0.6 is 0 Å². The van der Waals surface area contributed by atoms with Crippen molar-refractivity contribution in [2.45, 2.75) is 70.1 Å². The third-order valence-corrected chi connectivity index (χ3v) is 5.05. The number of aromatic nitrogens is 4. The summed E-state index contributed by atoms with van der Waals surface area (Å²) in [6.45, 7) is 4.25. The van der Waals surface area contributed by atoms with Crippen LogP contribution in [0.5, 0.6) is 5.88 Å². The number of piperidine rings is 2. The molecule has 2 bridgehead atoms. The monoisotopic (exact) mass is 342 g/mol. The van der Waals surface area contributed by atoms with Gasteiger partial charge in [0.25, 0.3) is 0 Å². The van der Waals surface area contributed by atoms with E-state index in [0.717, 1.165) is 24.4 Å². The van der Waals surface area contributed by atoms with Crippen LogP contribution in [0, 0.1) is 0 Å². The van der Waals surface area contributed by atoms with Gasteiger partial charge in [-0.05, 0) is 31.6 Å². The van der Waals surface area contributed by atoms with Crippen molar-refractivity contribution >= 4 is 11.6 Å². The number of ether oxygens (including phenoxy) is 1.